The number of hydrogen-bond donors (Lipinski definition) is 9. The largest absolute Gasteiger partial charge is 0.481 e. The molecule has 0 aliphatic heterocycles. The molecule has 40 heavy (non-hydrogen) atoms. The number of hydrogen-bond acceptors (Lipinski definition) is 8. The summed E-state index contributed by atoms with van der Waals surface area (Å²) in [7, 11) is 0. The van der Waals surface area contributed by atoms with Gasteiger partial charge in [0.2, 0.25) is 23.6 Å². The van der Waals surface area contributed by atoms with Crippen molar-refractivity contribution in [3.63, 3.8) is 0 Å². The van der Waals surface area contributed by atoms with Gasteiger partial charge in [-0.1, -0.05) is 18.2 Å². The van der Waals surface area contributed by atoms with Crippen LogP contribution in [0.3, 0.4) is 0 Å². The number of carboxylic acid groups (broad SMARTS) is 3. The van der Waals surface area contributed by atoms with Gasteiger partial charge in [0, 0.05) is 29.9 Å². The highest BCUT2D eigenvalue weighted by atomic mass is 16.4. The number of carboxylic acids is 3. The van der Waals surface area contributed by atoms with Crippen LogP contribution in [-0.2, 0) is 40.0 Å². The molecule has 16 nitrogen and oxygen atoms in total. The van der Waals surface area contributed by atoms with E-state index in [1.54, 1.807) is 30.5 Å². The van der Waals surface area contributed by atoms with Crippen molar-refractivity contribution in [2.45, 2.75) is 56.3 Å². The highest BCUT2D eigenvalue weighted by Gasteiger charge is 2.32. The van der Waals surface area contributed by atoms with Gasteiger partial charge >= 0.3 is 17.9 Å². The molecule has 0 aliphatic carbocycles. The molecule has 2 aromatic rings. The van der Waals surface area contributed by atoms with Crippen LogP contribution in [0.2, 0.25) is 0 Å². The van der Waals surface area contributed by atoms with Gasteiger partial charge in [-0.05, 0) is 18.1 Å². The van der Waals surface area contributed by atoms with Crippen LogP contribution in [0, 0.1) is 0 Å². The molecule has 216 valence electrons. The molecule has 0 aliphatic rings. The molecular formula is C24H30N6O10. The Morgan fingerprint density at radius 2 is 1.40 bits per heavy atom. The number of aliphatic carboxylic acids is 3. The number of fused-ring (bicyclic) bond motifs is 1. The summed E-state index contributed by atoms with van der Waals surface area (Å²) >= 11 is 0. The zero-order valence-corrected chi connectivity index (χ0v) is 21.1. The lowest BCUT2D eigenvalue weighted by Gasteiger charge is -2.24. The average molecular weight is 563 g/mol. The number of rotatable bonds is 16. The number of nitrogens with one attached hydrogen (secondary N) is 4. The number of nitrogens with two attached hydrogens (primary N) is 2. The zero-order chi connectivity index (χ0) is 30.0. The van der Waals surface area contributed by atoms with Crippen LogP contribution < -0.4 is 27.4 Å². The van der Waals surface area contributed by atoms with Crippen molar-refractivity contribution >= 4 is 52.4 Å². The van der Waals surface area contributed by atoms with Crippen LogP contribution >= 0.6 is 0 Å². The number of benzene rings is 1. The predicted molar refractivity (Wildman–Crippen MR) is 136 cm³/mol. The fraction of sp³-hybridized carbons (Fsp3) is 0.375. The van der Waals surface area contributed by atoms with Crippen LogP contribution in [0.25, 0.3) is 10.9 Å². The SMILES string of the molecule is NC(=O)CC(N)C(=O)NC(CCC(=O)O)C(=O)NC(CC(=O)O)C(=O)NC(Cc1c[nH]c2ccccc12)C(=O)O. The van der Waals surface area contributed by atoms with Crippen LogP contribution in [0.5, 0.6) is 0 Å². The Kier molecular flexibility index (Phi) is 11.1. The molecule has 0 saturated carbocycles. The van der Waals surface area contributed by atoms with Crippen molar-refractivity contribution in [2.24, 2.45) is 11.5 Å². The number of aromatic nitrogens is 1. The zero-order valence-electron chi connectivity index (χ0n) is 21.1. The van der Waals surface area contributed by atoms with E-state index in [1.165, 1.54) is 0 Å². The molecule has 2 rings (SSSR count). The van der Waals surface area contributed by atoms with E-state index in [4.69, 9.17) is 16.6 Å². The smallest absolute Gasteiger partial charge is 0.326 e. The van der Waals surface area contributed by atoms with Crippen LogP contribution in [-0.4, -0.2) is 86.0 Å². The van der Waals surface area contributed by atoms with Crippen molar-refractivity contribution in [3.8, 4) is 0 Å². The molecule has 11 N–H and O–H groups in total. The first-order valence-electron chi connectivity index (χ1n) is 11.9. The van der Waals surface area contributed by atoms with Crippen LogP contribution in [0.1, 0.15) is 31.2 Å². The highest BCUT2D eigenvalue weighted by molar-refractivity contribution is 5.96. The molecule has 4 atom stereocenters. The Morgan fingerprint density at radius 1 is 0.800 bits per heavy atom. The van der Waals surface area contributed by atoms with Crippen molar-refractivity contribution in [1.29, 1.82) is 0 Å². The second-order valence-electron chi connectivity index (χ2n) is 8.89. The summed E-state index contributed by atoms with van der Waals surface area (Å²) in [6, 6.07) is 0.683. The number of H-pyrrole nitrogens is 1. The number of aromatic amines is 1. The normalized spacial score (nSPS) is 13.8. The molecule has 0 saturated heterocycles. The summed E-state index contributed by atoms with van der Waals surface area (Å²) in [6.45, 7) is 0. The molecule has 4 unspecified atom stereocenters. The molecule has 1 aromatic heterocycles. The average Bonchev–Trinajstić information content (AvgIpc) is 3.27. The van der Waals surface area contributed by atoms with Gasteiger partial charge < -0.3 is 47.7 Å². The topological polar surface area (TPSA) is 284 Å². The van der Waals surface area contributed by atoms with E-state index in [0.717, 1.165) is 5.52 Å². The number of para-hydroxylation sites is 1. The van der Waals surface area contributed by atoms with E-state index in [9.17, 15) is 43.8 Å². The molecular weight excluding hydrogens is 532 g/mol. The van der Waals surface area contributed by atoms with Gasteiger partial charge in [0.05, 0.1) is 18.9 Å². The fourth-order valence-corrected chi connectivity index (χ4v) is 3.77. The lowest BCUT2D eigenvalue weighted by Crippen LogP contribution is -2.58. The summed E-state index contributed by atoms with van der Waals surface area (Å²) < 4.78 is 0. The standard InChI is InChI=1S/C24H30N6O10/c25-13(8-18(26)31)21(36)28-15(5-6-19(32)33)22(37)29-16(9-20(34)35)23(38)30-17(24(39)40)7-11-10-27-14-4-2-1-3-12(11)14/h1-4,10,13,15-17,27H,5-9,25H2,(H2,26,31)(H,28,36)(H,29,37)(H,30,38)(H,32,33)(H,34,35)(H,39,40). The molecule has 16 heteroatoms. The van der Waals surface area contributed by atoms with E-state index in [1.807, 2.05) is 0 Å². The van der Waals surface area contributed by atoms with Crippen molar-refractivity contribution in [2.75, 3.05) is 0 Å². The number of primary amides is 1. The Hall–Kier alpha value is -4.99. The molecule has 0 spiro atoms. The summed E-state index contributed by atoms with van der Waals surface area (Å²) in [5.74, 6) is -8.47. The molecule has 0 bridgehead atoms. The van der Waals surface area contributed by atoms with Gasteiger partial charge in [0.1, 0.15) is 18.1 Å². The lowest BCUT2D eigenvalue weighted by molar-refractivity contribution is -0.143. The second-order valence-corrected chi connectivity index (χ2v) is 8.89. The van der Waals surface area contributed by atoms with Gasteiger partial charge in [0.15, 0.2) is 0 Å². The lowest BCUT2D eigenvalue weighted by atomic mass is 10.0. The molecule has 4 amide bonds. The minimum atomic E-state index is -1.79. The predicted octanol–water partition coefficient (Wildman–Crippen LogP) is -2.21. The molecule has 0 radical (unpaired) electrons. The minimum absolute atomic E-state index is 0.173. The van der Waals surface area contributed by atoms with Crippen molar-refractivity contribution < 1.29 is 48.9 Å². The molecule has 0 fully saturated rings. The van der Waals surface area contributed by atoms with Gasteiger partial charge in [-0.2, -0.15) is 0 Å². The highest BCUT2D eigenvalue weighted by Crippen LogP contribution is 2.19. The summed E-state index contributed by atoms with van der Waals surface area (Å²) in [5.41, 5.74) is 11.8. The van der Waals surface area contributed by atoms with E-state index in [-0.39, 0.29) is 6.42 Å². The maximum absolute atomic E-state index is 12.9. The minimum Gasteiger partial charge on any atom is -0.481 e. The first-order valence-corrected chi connectivity index (χ1v) is 11.9. The van der Waals surface area contributed by atoms with E-state index < -0.39 is 91.4 Å². The van der Waals surface area contributed by atoms with Gasteiger partial charge in [-0.15, -0.1) is 0 Å². The monoisotopic (exact) mass is 562 g/mol. The quantitative estimate of drug-likeness (QED) is 0.106. The number of carbonyl (C=O) groups excluding carboxylic acids is 4. The van der Waals surface area contributed by atoms with Crippen LogP contribution in [0.4, 0.5) is 0 Å². The Balaban J connectivity index is 2.20. The molecule has 1 heterocycles. The first kappa shape index (κ1) is 31.2. The van der Waals surface area contributed by atoms with Crippen LogP contribution in [0.15, 0.2) is 30.5 Å². The second kappa shape index (κ2) is 14.2. The Morgan fingerprint density at radius 3 is 2.00 bits per heavy atom. The first-order chi connectivity index (χ1) is 18.8. The third-order valence-corrected chi connectivity index (χ3v) is 5.76. The Labute approximate surface area is 226 Å². The number of carbonyl (C=O) groups is 7. The summed E-state index contributed by atoms with van der Waals surface area (Å²) in [4.78, 5) is 86.5. The summed E-state index contributed by atoms with van der Waals surface area (Å²) in [6.07, 6.45) is -1.22. The van der Waals surface area contributed by atoms with Gasteiger partial charge in [-0.3, -0.25) is 28.8 Å². The molecule has 1 aromatic carbocycles. The van der Waals surface area contributed by atoms with Gasteiger partial charge in [0.25, 0.3) is 0 Å². The third-order valence-electron chi connectivity index (χ3n) is 5.76. The maximum atomic E-state index is 12.9. The van der Waals surface area contributed by atoms with E-state index in [0.29, 0.717) is 10.9 Å². The third kappa shape index (κ3) is 9.39. The fourth-order valence-electron chi connectivity index (χ4n) is 3.77. The maximum Gasteiger partial charge on any atom is 0.326 e. The van der Waals surface area contributed by atoms with Crippen molar-refractivity contribution in [3.05, 3.63) is 36.0 Å². The van der Waals surface area contributed by atoms with E-state index >= 15 is 0 Å². The van der Waals surface area contributed by atoms with Gasteiger partial charge in [-0.25, -0.2) is 4.79 Å². The van der Waals surface area contributed by atoms with E-state index in [2.05, 4.69) is 20.9 Å². The van der Waals surface area contributed by atoms with Crippen molar-refractivity contribution in [1.82, 2.24) is 20.9 Å². The number of amides is 4. The Bertz CT molecular complexity index is 1290. The summed E-state index contributed by atoms with van der Waals surface area (Å²) in [5, 5.41) is 35.2.